The minimum atomic E-state index is -0.188. The van der Waals surface area contributed by atoms with E-state index in [1.54, 1.807) is 0 Å². The van der Waals surface area contributed by atoms with Crippen LogP contribution in [-0.2, 0) is 12.8 Å². The number of aliphatic hydroxyl groups excluding tert-OH is 1. The maximum Gasteiger partial charge on any atom is 0.319 e. The molecule has 0 bridgehead atoms. The van der Waals surface area contributed by atoms with Crippen molar-refractivity contribution < 1.29 is 9.90 Å². The van der Waals surface area contributed by atoms with Crippen LogP contribution >= 0.6 is 0 Å². The number of hydrogen-bond acceptors (Lipinski definition) is 2. The monoisotopic (exact) mass is 288 g/mol. The Bertz CT molecular complexity index is 508. The van der Waals surface area contributed by atoms with Crippen molar-refractivity contribution in [1.82, 2.24) is 5.32 Å². The van der Waals surface area contributed by atoms with E-state index >= 15 is 0 Å². The van der Waals surface area contributed by atoms with Gasteiger partial charge in [-0.1, -0.05) is 12.1 Å². The Hall–Kier alpha value is -1.55. The molecule has 1 aromatic rings. The van der Waals surface area contributed by atoms with Gasteiger partial charge in [-0.3, -0.25) is 0 Å². The second kappa shape index (κ2) is 6.48. The fourth-order valence-electron chi connectivity index (χ4n) is 3.46. The number of carbonyl (C=O) groups is 1. The van der Waals surface area contributed by atoms with Crippen LogP contribution in [0, 0.1) is 0 Å². The molecule has 1 fully saturated rings. The number of aryl methyl sites for hydroxylation is 1. The third-order valence-corrected chi connectivity index (χ3v) is 4.68. The van der Waals surface area contributed by atoms with Gasteiger partial charge in [0.05, 0.1) is 6.10 Å². The summed E-state index contributed by atoms with van der Waals surface area (Å²) in [6, 6.07) is 6.26. The first-order chi connectivity index (χ1) is 10.2. The fraction of sp³-hybridized carbons (Fsp3) is 0.588. The Labute approximate surface area is 125 Å². The summed E-state index contributed by atoms with van der Waals surface area (Å²) in [6.07, 6.45) is 7.72. The molecule has 0 spiro atoms. The van der Waals surface area contributed by atoms with Gasteiger partial charge >= 0.3 is 6.03 Å². The number of hydrogen-bond donors (Lipinski definition) is 3. The fourth-order valence-corrected chi connectivity index (χ4v) is 3.46. The van der Waals surface area contributed by atoms with Gasteiger partial charge in [0.15, 0.2) is 0 Å². The quantitative estimate of drug-likeness (QED) is 0.783. The molecule has 0 heterocycles. The summed E-state index contributed by atoms with van der Waals surface area (Å²) in [5, 5.41) is 15.5. The predicted octanol–water partition coefficient (Wildman–Crippen LogP) is 2.99. The topological polar surface area (TPSA) is 61.4 Å². The molecule has 0 unspecified atom stereocenters. The van der Waals surface area contributed by atoms with Crippen molar-refractivity contribution in [3.05, 3.63) is 29.3 Å². The predicted molar refractivity (Wildman–Crippen MR) is 83.5 cm³/mol. The highest BCUT2D eigenvalue weighted by atomic mass is 16.3. The minimum absolute atomic E-state index is 0.115. The van der Waals surface area contributed by atoms with E-state index in [9.17, 15) is 9.90 Å². The lowest BCUT2D eigenvalue weighted by Crippen LogP contribution is -2.41. The van der Waals surface area contributed by atoms with Gasteiger partial charge in [0.25, 0.3) is 0 Å². The Kier molecular flexibility index (Phi) is 4.44. The van der Waals surface area contributed by atoms with E-state index in [4.69, 9.17) is 0 Å². The van der Waals surface area contributed by atoms with Crippen LogP contribution in [0.25, 0.3) is 0 Å². The van der Waals surface area contributed by atoms with Crippen LogP contribution in [0.5, 0.6) is 0 Å². The molecule has 0 saturated heterocycles. The van der Waals surface area contributed by atoms with Gasteiger partial charge in [-0.25, -0.2) is 4.79 Å². The van der Waals surface area contributed by atoms with Crippen molar-refractivity contribution in [2.75, 3.05) is 5.32 Å². The van der Waals surface area contributed by atoms with Crippen molar-refractivity contribution in [1.29, 1.82) is 0 Å². The van der Waals surface area contributed by atoms with Crippen molar-refractivity contribution >= 4 is 11.7 Å². The Morgan fingerprint density at radius 2 is 1.86 bits per heavy atom. The molecular formula is C17H24N2O2. The number of fused-ring (bicyclic) bond motifs is 1. The normalized spacial score (nSPS) is 25.0. The van der Waals surface area contributed by atoms with Crippen LogP contribution < -0.4 is 10.6 Å². The van der Waals surface area contributed by atoms with Crippen molar-refractivity contribution in [2.24, 2.45) is 0 Å². The molecule has 2 aliphatic rings. The Morgan fingerprint density at radius 3 is 2.67 bits per heavy atom. The standard InChI is InChI=1S/C17H24N2O2/c20-14-10-8-13(9-11-14)18-17(21)19-16-7-3-5-12-4-1-2-6-15(12)16/h3,5,7,13-14,20H,1-2,4,6,8-11H2,(H2,18,19,21). The number of aliphatic hydroxyl groups is 1. The van der Waals surface area contributed by atoms with Crippen LogP contribution in [0.1, 0.15) is 49.7 Å². The highest BCUT2D eigenvalue weighted by molar-refractivity contribution is 5.90. The van der Waals surface area contributed by atoms with E-state index in [2.05, 4.69) is 16.7 Å². The van der Waals surface area contributed by atoms with Crippen LogP contribution in [0.3, 0.4) is 0 Å². The molecule has 4 heteroatoms. The van der Waals surface area contributed by atoms with Gasteiger partial charge in [-0.2, -0.15) is 0 Å². The lowest BCUT2D eigenvalue weighted by atomic mass is 9.90. The summed E-state index contributed by atoms with van der Waals surface area (Å²) in [4.78, 5) is 12.2. The molecule has 1 aromatic carbocycles. The molecule has 2 amide bonds. The number of carbonyl (C=O) groups excluding carboxylic acids is 1. The molecule has 0 aliphatic heterocycles. The summed E-state index contributed by atoms with van der Waals surface area (Å²) in [6.45, 7) is 0. The number of nitrogens with one attached hydrogen (secondary N) is 2. The first-order valence-electron chi connectivity index (χ1n) is 8.09. The molecule has 3 N–H and O–H groups in total. The third kappa shape index (κ3) is 3.56. The van der Waals surface area contributed by atoms with Crippen LogP contribution in [0.2, 0.25) is 0 Å². The van der Waals surface area contributed by atoms with Crippen LogP contribution in [0.15, 0.2) is 18.2 Å². The second-order valence-corrected chi connectivity index (χ2v) is 6.25. The van der Waals surface area contributed by atoms with E-state index in [1.165, 1.54) is 24.0 Å². The lowest BCUT2D eigenvalue weighted by molar-refractivity contribution is 0.118. The first kappa shape index (κ1) is 14.4. The molecule has 0 aromatic heterocycles. The van der Waals surface area contributed by atoms with Crippen LogP contribution in [0.4, 0.5) is 10.5 Å². The van der Waals surface area contributed by atoms with Gasteiger partial charge in [0.1, 0.15) is 0 Å². The molecule has 4 nitrogen and oxygen atoms in total. The van der Waals surface area contributed by atoms with Gasteiger partial charge < -0.3 is 15.7 Å². The maximum atomic E-state index is 12.2. The summed E-state index contributed by atoms with van der Waals surface area (Å²) in [5.74, 6) is 0. The second-order valence-electron chi connectivity index (χ2n) is 6.25. The summed E-state index contributed by atoms with van der Waals surface area (Å²) >= 11 is 0. The lowest BCUT2D eigenvalue weighted by Gasteiger charge is -2.26. The number of benzene rings is 1. The number of rotatable bonds is 2. The van der Waals surface area contributed by atoms with Crippen molar-refractivity contribution in [3.63, 3.8) is 0 Å². The number of anilines is 1. The average molecular weight is 288 g/mol. The largest absolute Gasteiger partial charge is 0.393 e. The van der Waals surface area contributed by atoms with E-state index in [-0.39, 0.29) is 18.2 Å². The van der Waals surface area contributed by atoms with Crippen LogP contribution in [-0.4, -0.2) is 23.3 Å². The molecule has 0 radical (unpaired) electrons. The average Bonchev–Trinajstić information content (AvgIpc) is 2.50. The molecule has 2 aliphatic carbocycles. The molecule has 0 atom stereocenters. The molecule has 114 valence electrons. The van der Waals surface area contributed by atoms with E-state index in [1.807, 2.05) is 12.1 Å². The zero-order valence-electron chi connectivity index (χ0n) is 12.4. The highest BCUT2D eigenvalue weighted by Gasteiger charge is 2.21. The molecular weight excluding hydrogens is 264 g/mol. The van der Waals surface area contributed by atoms with Gasteiger partial charge in [0.2, 0.25) is 0 Å². The van der Waals surface area contributed by atoms with Crippen molar-refractivity contribution in [2.45, 2.75) is 63.5 Å². The molecule has 21 heavy (non-hydrogen) atoms. The van der Waals surface area contributed by atoms with Gasteiger partial charge in [0, 0.05) is 11.7 Å². The third-order valence-electron chi connectivity index (χ3n) is 4.68. The summed E-state index contributed by atoms with van der Waals surface area (Å²) < 4.78 is 0. The van der Waals surface area contributed by atoms with E-state index in [0.29, 0.717) is 0 Å². The van der Waals surface area contributed by atoms with E-state index in [0.717, 1.165) is 44.2 Å². The molecule has 1 saturated carbocycles. The Balaban J connectivity index is 1.60. The summed E-state index contributed by atoms with van der Waals surface area (Å²) in [7, 11) is 0. The minimum Gasteiger partial charge on any atom is -0.393 e. The zero-order valence-corrected chi connectivity index (χ0v) is 12.4. The van der Waals surface area contributed by atoms with Gasteiger partial charge in [-0.05, 0) is 68.6 Å². The smallest absolute Gasteiger partial charge is 0.319 e. The highest BCUT2D eigenvalue weighted by Crippen LogP contribution is 2.28. The Morgan fingerprint density at radius 1 is 1.10 bits per heavy atom. The summed E-state index contributed by atoms with van der Waals surface area (Å²) in [5.41, 5.74) is 3.64. The number of amides is 2. The zero-order chi connectivity index (χ0) is 14.7. The van der Waals surface area contributed by atoms with Gasteiger partial charge in [-0.15, -0.1) is 0 Å². The number of urea groups is 1. The molecule has 3 rings (SSSR count). The SMILES string of the molecule is O=C(Nc1cccc2c1CCCC2)NC1CCC(O)CC1. The van der Waals surface area contributed by atoms with Crippen molar-refractivity contribution in [3.8, 4) is 0 Å². The maximum absolute atomic E-state index is 12.2. The first-order valence-corrected chi connectivity index (χ1v) is 8.09. The van der Waals surface area contributed by atoms with E-state index < -0.39 is 0 Å².